The molecule has 26 heavy (non-hydrogen) atoms. The second kappa shape index (κ2) is 8.10. The smallest absolute Gasteiger partial charge is 0.341 e. The second-order valence-electron chi connectivity index (χ2n) is 5.75. The molecule has 3 aromatic rings. The van der Waals surface area contributed by atoms with E-state index in [2.05, 4.69) is 5.32 Å². The summed E-state index contributed by atoms with van der Waals surface area (Å²) in [4.78, 5) is 25.0. The van der Waals surface area contributed by atoms with E-state index in [1.807, 2.05) is 31.2 Å². The lowest BCUT2D eigenvalue weighted by molar-refractivity contribution is 0.0503. The minimum Gasteiger partial charge on any atom is -0.462 e. The third-order valence-corrected chi connectivity index (χ3v) is 4.95. The largest absolute Gasteiger partial charge is 0.462 e. The van der Waals surface area contributed by atoms with Crippen molar-refractivity contribution in [3.8, 4) is 0 Å². The zero-order valence-corrected chi connectivity index (χ0v) is 15.1. The highest BCUT2D eigenvalue weighted by Gasteiger charge is 2.22. The normalized spacial score (nSPS) is 10.7. The Morgan fingerprint density at radius 2 is 1.85 bits per heavy atom. The molecule has 2 aromatic carbocycles. The third kappa shape index (κ3) is 3.91. The van der Waals surface area contributed by atoms with Crippen molar-refractivity contribution in [1.82, 2.24) is 0 Å². The molecule has 0 atom stereocenters. The van der Waals surface area contributed by atoms with Crippen molar-refractivity contribution in [3.05, 3.63) is 65.5 Å². The summed E-state index contributed by atoms with van der Waals surface area (Å²) in [7, 11) is 0. The summed E-state index contributed by atoms with van der Waals surface area (Å²) >= 11 is 1.31. The van der Waals surface area contributed by atoms with Gasteiger partial charge in [0.15, 0.2) is 0 Å². The topological polar surface area (TPSA) is 55.4 Å². The van der Waals surface area contributed by atoms with Crippen LogP contribution in [-0.4, -0.2) is 18.5 Å². The van der Waals surface area contributed by atoms with Crippen molar-refractivity contribution in [3.63, 3.8) is 0 Å². The number of amides is 1. The van der Waals surface area contributed by atoms with E-state index in [-0.39, 0.29) is 0 Å². The van der Waals surface area contributed by atoms with Gasteiger partial charge in [-0.25, -0.2) is 9.18 Å². The van der Waals surface area contributed by atoms with E-state index in [0.29, 0.717) is 22.7 Å². The van der Waals surface area contributed by atoms with Crippen LogP contribution in [0.5, 0.6) is 0 Å². The van der Waals surface area contributed by atoms with Crippen LogP contribution >= 0.6 is 11.3 Å². The molecule has 0 saturated carbocycles. The molecule has 6 heteroatoms. The van der Waals surface area contributed by atoms with E-state index in [0.717, 1.165) is 22.9 Å². The maximum absolute atomic E-state index is 13.0. The van der Waals surface area contributed by atoms with E-state index in [1.165, 1.54) is 35.6 Å². The summed E-state index contributed by atoms with van der Waals surface area (Å²) in [6.45, 7) is 2.35. The molecule has 3 rings (SSSR count). The van der Waals surface area contributed by atoms with Gasteiger partial charge >= 0.3 is 5.97 Å². The minimum atomic E-state index is -0.453. The maximum Gasteiger partial charge on any atom is 0.341 e. The van der Waals surface area contributed by atoms with Crippen molar-refractivity contribution < 1.29 is 18.7 Å². The first-order chi connectivity index (χ1) is 12.6. The molecule has 0 bridgehead atoms. The maximum atomic E-state index is 13.0. The molecule has 0 fully saturated rings. The number of carbonyl (C=O) groups is 2. The summed E-state index contributed by atoms with van der Waals surface area (Å²) in [5.74, 6) is -1.27. The lowest BCUT2D eigenvalue weighted by Crippen LogP contribution is -2.14. The van der Waals surface area contributed by atoms with Crippen LogP contribution in [0.2, 0.25) is 0 Å². The van der Waals surface area contributed by atoms with Crippen LogP contribution in [0, 0.1) is 5.82 Å². The van der Waals surface area contributed by atoms with Gasteiger partial charge in [-0.2, -0.15) is 0 Å². The van der Waals surface area contributed by atoms with E-state index in [9.17, 15) is 14.0 Å². The summed E-state index contributed by atoms with van der Waals surface area (Å²) in [6, 6.07) is 12.7. The molecule has 0 unspecified atom stereocenters. The van der Waals surface area contributed by atoms with Gasteiger partial charge in [0.05, 0.1) is 6.61 Å². The predicted octanol–water partition coefficient (Wildman–Crippen LogP) is 5.25. The van der Waals surface area contributed by atoms with Crippen LogP contribution in [0.25, 0.3) is 10.1 Å². The fraction of sp³-hybridized carbons (Fsp3) is 0.200. The Balaban J connectivity index is 1.91. The number of anilines is 1. The number of benzene rings is 2. The molecule has 0 saturated heterocycles. The summed E-state index contributed by atoms with van der Waals surface area (Å²) < 4.78 is 19.3. The van der Waals surface area contributed by atoms with Crippen molar-refractivity contribution >= 4 is 38.3 Å². The molecule has 0 aliphatic heterocycles. The van der Waals surface area contributed by atoms with Gasteiger partial charge in [0, 0.05) is 15.6 Å². The number of hydrogen-bond acceptors (Lipinski definition) is 4. The molecule has 0 spiro atoms. The Kier molecular flexibility index (Phi) is 5.63. The lowest BCUT2D eigenvalue weighted by atomic mass is 10.1. The monoisotopic (exact) mass is 371 g/mol. The number of unbranched alkanes of at least 4 members (excludes halogenated alkanes) is 1. The van der Waals surface area contributed by atoms with E-state index < -0.39 is 17.7 Å². The number of hydrogen-bond donors (Lipinski definition) is 1. The van der Waals surface area contributed by atoms with Crippen LogP contribution in [0.15, 0.2) is 48.5 Å². The van der Waals surface area contributed by atoms with E-state index >= 15 is 0 Å². The fourth-order valence-corrected chi connectivity index (χ4v) is 3.58. The van der Waals surface area contributed by atoms with E-state index in [4.69, 9.17) is 4.74 Å². The first-order valence-corrected chi connectivity index (χ1v) is 9.17. The SMILES string of the molecule is CCCCOC(=O)c1c(NC(=O)c2ccc(F)cc2)sc2ccccc12. The molecule has 4 nitrogen and oxygen atoms in total. The minimum absolute atomic E-state index is 0.314. The standard InChI is InChI=1S/C20H18FNO3S/c1-2-3-12-25-20(24)17-15-6-4-5-7-16(15)26-19(17)22-18(23)13-8-10-14(21)11-9-13/h4-11H,2-3,12H2,1H3,(H,22,23). The Morgan fingerprint density at radius 1 is 1.12 bits per heavy atom. The average molecular weight is 371 g/mol. The number of nitrogens with one attached hydrogen (secondary N) is 1. The highest BCUT2D eigenvalue weighted by molar-refractivity contribution is 7.23. The number of carbonyl (C=O) groups excluding carboxylic acids is 2. The molecule has 1 heterocycles. The van der Waals surface area contributed by atoms with Gasteiger partial charge in [0.1, 0.15) is 16.4 Å². The van der Waals surface area contributed by atoms with Gasteiger partial charge in [-0.1, -0.05) is 31.5 Å². The van der Waals surface area contributed by atoms with Gasteiger partial charge in [-0.05, 0) is 36.8 Å². The molecular formula is C20H18FNO3S. The molecule has 1 amide bonds. The number of fused-ring (bicyclic) bond motifs is 1. The van der Waals surface area contributed by atoms with Gasteiger partial charge in [0.2, 0.25) is 0 Å². The average Bonchev–Trinajstić information content (AvgIpc) is 3.00. The molecule has 134 valence electrons. The van der Waals surface area contributed by atoms with Crippen LogP contribution < -0.4 is 5.32 Å². The van der Waals surface area contributed by atoms with Gasteiger partial charge in [-0.3, -0.25) is 4.79 Å². The van der Waals surface area contributed by atoms with E-state index in [1.54, 1.807) is 0 Å². The molecule has 1 aromatic heterocycles. The predicted molar refractivity (Wildman–Crippen MR) is 101 cm³/mol. The number of thiophene rings is 1. The Hall–Kier alpha value is -2.73. The van der Waals surface area contributed by atoms with Crippen LogP contribution in [0.4, 0.5) is 9.39 Å². The fourth-order valence-electron chi connectivity index (χ4n) is 2.49. The Morgan fingerprint density at radius 3 is 2.58 bits per heavy atom. The molecule has 1 N–H and O–H groups in total. The lowest BCUT2D eigenvalue weighted by Gasteiger charge is -2.07. The zero-order valence-electron chi connectivity index (χ0n) is 14.3. The molecule has 0 radical (unpaired) electrons. The number of rotatable bonds is 6. The number of ether oxygens (including phenoxy) is 1. The van der Waals surface area contributed by atoms with Crippen molar-refractivity contribution in [2.75, 3.05) is 11.9 Å². The van der Waals surface area contributed by atoms with Crippen molar-refractivity contribution in [1.29, 1.82) is 0 Å². The van der Waals surface area contributed by atoms with Crippen LogP contribution in [0.1, 0.15) is 40.5 Å². The first-order valence-electron chi connectivity index (χ1n) is 8.35. The summed E-state index contributed by atoms with van der Waals surface area (Å²) in [5.41, 5.74) is 0.673. The zero-order chi connectivity index (χ0) is 18.5. The van der Waals surface area contributed by atoms with Gasteiger partial charge in [0.25, 0.3) is 5.91 Å². The molecule has 0 aliphatic rings. The summed E-state index contributed by atoms with van der Waals surface area (Å²) in [6.07, 6.45) is 1.71. The Bertz CT molecular complexity index is 934. The highest BCUT2D eigenvalue weighted by Crippen LogP contribution is 2.36. The highest BCUT2D eigenvalue weighted by atomic mass is 32.1. The van der Waals surface area contributed by atoms with Crippen LogP contribution in [-0.2, 0) is 4.74 Å². The third-order valence-electron chi connectivity index (χ3n) is 3.86. The number of halogens is 1. The Labute approximate surface area is 154 Å². The molecular weight excluding hydrogens is 353 g/mol. The summed E-state index contributed by atoms with van der Waals surface area (Å²) in [5, 5.41) is 3.94. The molecule has 0 aliphatic carbocycles. The van der Waals surface area contributed by atoms with Gasteiger partial charge in [-0.15, -0.1) is 11.3 Å². The van der Waals surface area contributed by atoms with Crippen molar-refractivity contribution in [2.24, 2.45) is 0 Å². The quantitative estimate of drug-likeness (QED) is 0.476. The van der Waals surface area contributed by atoms with Gasteiger partial charge < -0.3 is 10.1 Å². The second-order valence-corrected chi connectivity index (χ2v) is 6.81. The van der Waals surface area contributed by atoms with Crippen LogP contribution in [0.3, 0.4) is 0 Å². The first kappa shape index (κ1) is 18.1. The van der Waals surface area contributed by atoms with Crippen molar-refractivity contribution in [2.45, 2.75) is 19.8 Å². The number of esters is 1.